The number of aromatic nitrogens is 2. The number of halogens is 1. The highest BCUT2D eigenvalue weighted by molar-refractivity contribution is 5.79. The summed E-state index contributed by atoms with van der Waals surface area (Å²) in [6, 6.07) is 12.3. The summed E-state index contributed by atoms with van der Waals surface area (Å²) in [7, 11) is 0. The molecule has 3 rings (SSSR count). The van der Waals surface area contributed by atoms with Gasteiger partial charge in [0.15, 0.2) is 17.5 Å². The van der Waals surface area contributed by atoms with Gasteiger partial charge in [-0.05, 0) is 38.1 Å². The van der Waals surface area contributed by atoms with Gasteiger partial charge in [0.1, 0.15) is 11.8 Å². The molecule has 1 unspecified atom stereocenters. The summed E-state index contributed by atoms with van der Waals surface area (Å²) in [4.78, 5) is 9.13. The van der Waals surface area contributed by atoms with Crippen LogP contribution in [-0.2, 0) is 6.42 Å². The molecule has 1 aromatic carbocycles. The lowest BCUT2D eigenvalue weighted by Gasteiger charge is -2.15. The maximum atomic E-state index is 13.7. The lowest BCUT2D eigenvalue weighted by Crippen LogP contribution is -2.39. The molecule has 0 amide bonds. The van der Waals surface area contributed by atoms with Crippen LogP contribution in [0.3, 0.4) is 0 Å². The number of hydrogen-bond donors (Lipinski definition) is 2. The SMILES string of the molecule is CCNC(=NCC(C)Oc1ccccc1F)NCCc1cn2ccccc2n1. The van der Waals surface area contributed by atoms with Crippen molar-refractivity contribution in [1.29, 1.82) is 0 Å². The molecule has 2 aromatic heterocycles. The molecule has 0 spiro atoms. The number of benzene rings is 1. The monoisotopic (exact) mass is 383 g/mol. The number of guanidine groups is 1. The van der Waals surface area contributed by atoms with Gasteiger partial charge in [0.25, 0.3) is 0 Å². The first-order chi connectivity index (χ1) is 13.7. The lowest BCUT2D eigenvalue weighted by molar-refractivity contribution is 0.220. The number of ether oxygens (including phenoxy) is 1. The largest absolute Gasteiger partial charge is 0.486 e. The second-order valence-electron chi connectivity index (χ2n) is 6.45. The van der Waals surface area contributed by atoms with Crippen LogP contribution < -0.4 is 15.4 Å². The van der Waals surface area contributed by atoms with Crippen molar-refractivity contribution in [2.24, 2.45) is 4.99 Å². The van der Waals surface area contributed by atoms with Crippen molar-refractivity contribution in [2.45, 2.75) is 26.4 Å². The first-order valence-electron chi connectivity index (χ1n) is 9.51. The zero-order valence-corrected chi connectivity index (χ0v) is 16.2. The quantitative estimate of drug-likeness (QED) is 0.464. The summed E-state index contributed by atoms with van der Waals surface area (Å²) >= 11 is 0. The third-order valence-electron chi connectivity index (χ3n) is 4.10. The Morgan fingerprint density at radius 2 is 2.04 bits per heavy atom. The molecule has 0 aliphatic rings. The minimum absolute atomic E-state index is 0.245. The van der Waals surface area contributed by atoms with Crippen LogP contribution in [0.25, 0.3) is 5.65 Å². The van der Waals surface area contributed by atoms with Gasteiger partial charge in [0, 0.05) is 31.9 Å². The van der Waals surface area contributed by atoms with Gasteiger partial charge in [-0.25, -0.2) is 14.4 Å². The zero-order chi connectivity index (χ0) is 19.8. The van der Waals surface area contributed by atoms with E-state index in [2.05, 4.69) is 20.6 Å². The van der Waals surface area contributed by atoms with Gasteiger partial charge in [-0.2, -0.15) is 0 Å². The van der Waals surface area contributed by atoms with E-state index in [0.717, 1.165) is 24.3 Å². The first kappa shape index (κ1) is 19.7. The normalized spacial score (nSPS) is 12.8. The molecule has 1 atom stereocenters. The van der Waals surface area contributed by atoms with E-state index >= 15 is 0 Å². The maximum absolute atomic E-state index is 13.7. The van der Waals surface area contributed by atoms with Crippen LogP contribution in [0.4, 0.5) is 4.39 Å². The summed E-state index contributed by atoms with van der Waals surface area (Å²) in [5, 5.41) is 6.51. The van der Waals surface area contributed by atoms with Crippen LogP contribution in [0.1, 0.15) is 19.5 Å². The van der Waals surface area contributed by atoms with Crippen molar-refractivity contribution in [3.63, 3.8) is 0 Å². The lowest BCUT2D eigenvalue weighted by atomic mass is 10.3. The third-order valence-corrected chi connectivity index (χ3v) is 4.10. The van der Waals surface area contributed by atoms with Crippen LogP contribution in [0.2, 0.25) is 0 Å². The number of hydrogen-bond acceptors (Lipinski definition) is 3. The van der Waals surface area contributed by atoms with E-state index in [1.807, 2.05) is 48.8 Å². The van der Waals surface area contributed by atoms with E-state index < -0.39 is 0 Å². The van der Waals surface area contributed by atoms with Gasteiger partial charge in [0.2, 0.25) is 0 Å². The fraction of sp³-hybridized carbons (Fsp3) is 0.333. The number of fused-ring (bicyclic) bond motifs is 1. The van der Waals surface area contributed by atoms with Gasteiger partial charge in [-0.1, -0.05) is 18.2 Å². The number of aliphatic imine (C=N–C) groups is 1. The first-order valence-corrected chi connectivity index (χ1v) is 9.51. The molecule has 2 N–H and O–H groups in total. The smallest absolute Gasteiger partial charge is 0.191 e. The van der Waals surface area contributed by atoms with Crippen LogP contribution in [0, 0.1) is 5.82 Å². The Labute approximate surface area is 164 Å². The summed E-state index contributed by atoms with van der Waals surface area (Å²) < 4.78 is 21.3. The Balaban J connectivity index is 1.51. The Morgan fingerprint density at radius 1 is 1.21 bits per heavy atom. The molecule has 0 saturated heterocycles. The predicted octanol–water partition coefficient (Wildman–Crippen LogP) is 3.04. The minimum atomic E-state index is -0.365. The molecule has 28 heavy (non-hydrogen) atoms. The van der Waals surface area contributed by atoms with Crippen molar-refractivity contribution in [3.05, 3.63) is 66.4 Å². The highest BCUT2D eigenvalue weighted by Gasteiger charge is 2.08. The van der Waals surface area contributed by atoms with Crippen LogP contribution >= 0.6 is 0 Å². The molecule has 0 saturated carbocycles. The maximum Gasteiger partial charge on any atom is 0.191 e. The van der Waals surface area contributed by atoms with Gasteiger partial charge >= 0.3 is 0 Å². The highest BCUT2D eigenvalue weighted by atomic mass is 19.1. The number of imidazole rings is 1. The molecule has 3 aromatic rings. The summed E-state index contributed by atoms with van der Waals surface area (Å²) in [5.41, 5.74) is 1.96. The van der Waals surface area contributed by atoms with Crippen LogP contribution in [-0.4, -0.2) is 41.1 Å². The van der Waals surface area contributed by atoms with Crippen molar-refractivity contribution < 1.29 is 9.13 Å². The Bertz CT molecular complexity index is 891. The highest BCUT2D eigenvalue weighted by Crippen LogP contribution is 2.17. The molecule has 148 valence electrons. The second kappa shape index (κ2) is 9.73. The van der Waals surface area contributed by atoms with Gasteiger partial charge < -0.3 is 19.8 Å². The van der Waals surface area contributed by atoms with E-state index in [9.17, 15) is 4.39 Å². The van der Waals surface area contributed by atoms with Crippen molar-refractivity contribution in [2.75, 3.05) is 19.6 Å². The molecule has 7 heteroatoms. The van der Waals surface area contributed by atoms with Crippen LogP contribution in [0.15, 0.2) is 59.9 Å². The third kappa shape index (κ3) is 5.45. The molecular formula is C21H26FN5O. The molecule has 6 nitrogen and oxygen atoms in total. The summed E-state index contributed by atoms with van der Waals surface area (Å²) in [5.74, 6) is 0.584. The number of pyridine rings is 1. The van der Waals surface area contributed by atoms with E-state index in [1.165, 1.54) is 6.07 Å². The standard InChI is InChI=1S/C21H26FN5O/c1-3-23-21(25-14-16(2)28-19-9-5-4-8-18(19)22)24-12-11-17-15-27-13-7-6-10-20(27)26-17/h4-10,13,15-16H,3,11-12,14H2,1-2H3,(H2,23,24,25). The fourth-order valence-electron chi connectivity index (χ4n) is 2.77. The average Bonchev–Trinajstić information content (AvgIpc) is 3.11. The van der Waals surface area contributed by atoms with Gasteiger partial charge in [-0.15, -0.1) is 0 Å². The Hall–Kier alpha value is -3.09. The van der Waals surface area contributed by atoms with E-state index in [1.54, 1.807) is 18.2 Å². The molecule has 0 aliphatic heterocycles. The summed E-state index contributed by atoms with van der Waals surface area (Å²) in [6.07, 6.45) is 4.56. The molecule has 0 aliphatic carbocycles. The van der Waals surface area contributed by atoms with Gasteiger partial charge in [0.05, 0.1) is 12.2 Å². The predicted molar refractivity (Wildman–Crippen MR) is 109 cm³/mol. The second-order valence-corrected chi connectivity index (χ2v) is 6.45. The Morgan fingerprint density at radius 3 is 2.82 bits per heavy atom. The van der Waals surface area contributed by atoms with E-state index in [4.69, 9.17) is 4.74 Å². The van der Waals surface area contributed by atoms with Crippen molar-refractivity contribution in [3.8, 4) is 5.75 Å². The minimum Gasteiger partial charge on any atom is -0.486 e. The number of rotatable bonds is 8. The Kier molecular flexibility index (Phi) is 6.84. The van der Waals surface area contributed by atoms with E-state index in [0.29, 0.717) is 19.0 Å². The van der Waals surface area contributed by atoms with Crippen molar-refractivity contribution in [1.82, 2.24) is 20.0 Å². The molecular weight excluding hydrogens is 357 g/mol. The summed E-state index contributed by atoms with van der Waals surface area (Å²) in [6.45, 7) is 5.76. The number of para-hydroxylation sites is 1. The zero-order valence-electron chi connectivity index (χ0n) is 16.2. The molecule has 0 fully saturated rings. The number of nitrogens with one attached hydrogen (secondary N) is 2. The van der Waals surface area contributed by atoms with E-state index in [-0.39, 0.29) is 17.7 Å². The van der Waals surface area contributed by atoms with Crippen molar-refractivity contribution >= 4 is 11.6 Å². The van der Waals surface area contributed by atoms with Crippen LogP contribution in [0.5, 0.6) is 5.75 Å². The molecule has 0 bridgehead atoms. The fourth-order valence-corrected chi connectivity index (χ4v) is 2.77. The average molecular weight is 383 g/mol. The topological polar surface area (TPSA) is 63.0 Å². The molecule has 2 heterocycles. The number of nitrogens with zero attached hydrogens (tertiary/aromatic N) is 3. The molecule has 0 radical (unpaired) electrons. The van der Waals surface area contributed by atoms with Gasteiger partial charge in [-0.3, -0.25) is 0 Å².